The second-order valence-corrected chi connectivity index (χ2v) is 4.23. The van der Waals surface area contributed by atoms with Crippen molar-refractivity contribution in [3.05, 3.63) is 60.2 Å². The molecular weight excluding hydrogens is 242 g/mol. The van der Waals surface area contributed by atoms with Crippen molar-refractivity contribution in [3.63, 3.8) is 0 Å². The normalized spacial score (nSPS) is 18.0. The number of ether oxygens (including phenoxy) is 1. The lowest BCUT2D eigenvalue weighted by molar-refractivity contribution is -0.123. The van der Waals surface area contributed by atoms with Crippen LogP contribution >= 0.6 is 0 Å². The Labute approximate surface area is 110 Å². The van der Waals surface area contributed by atoms with E-state index in [4.69, 9.17) is 4.74 Å². The van der Waals surface area contributed by atoms with Gasteiger partial charge in [-0.2, -0.15) is 0 Å². The molecule has 1 unspecified atom stereocenters. The molecule has 1 aliphatic rings. The van der Waals surface area contributed by atoms with Crippen LogP contribution in [0.15, 0.2) is 54.6 Å². The number of imide groups is 1. The van der Waals surface area contributed by atoms with Crippen molar-refractivity contribution >= 4 is 12.0 Å². The fourth-order valence-corrected chi connectivity index (χ4v) is 2.17. The third-order valence-electron chi connectivity index (χ3n) is 3.02. The molecule has 2 aromatic carbocycles. The molecule has 1 aliphatic heterocycles. The van der Waals surface area contributed by atoms with E-state index < -0.39 is 18.1 Å². The lowest BCUT2D eigenvalue weighted by atomic mass is 9.96. The number of alkyl carbamates (subject to hydrolysis) is 1. The van der Waals surface area contributed by atoms with Gasteiger partial charge >= 0.3 is 6.09 Å². The molecule has 1 fully saturated rings. The molecule has 4 heteroatoms. The quantitative estimate of drug-likeness (QED) is 0.895. The molecule has 2 amide bonds. The van der Waals surface area contributed by atoms with Gasteiger partial charge < -0.3 is 4.74 Å². The maximum atomic E-state index is 11.7. The minimum absolute atomic E-state index is 0.423. The van der Waals surface area contributed by atoms with Crippen LogP contribution in [0.5, 0.6) is 0 Å². The van der Waals surface area contributed by atoms with Crippen LogP contribution in [0.1, 0.15) is 11.7 Å². The van der Waals surface area contributed by atoms with Crippen molar-refractivity contribution in [1.29, 1.82) is 0 Å². The van der Waals surface area contributed by atoms with Crippen molar-refractivity contribution in [1.82, 2.24) is 5.32 Å². The highest BCUT2D eigenvalue weighted by Gasteiger charge is 2.34. The van der Waals surface area contributed by atoms with Crippen LogP contribution in [0.4, 0.5) is 4.79 Å². The van der Waals surface area contributed by atoms with Crippen molar-refractivity contribution in [3.8, 4) is 11.1 Å². The molecule has 1 N–H and O–H groups in total. The standard InChI is InChI=1S/C15H11NO3/c17-14-13(19-15(18)16-14)12-9-5-4-8-11(12)10-6-2-1-3-7-10/h1-9,13H,(H,16,17,18). The summed E-state index contributed by atoms with van der Waals surface area (Å²) in [6.45, 7) is 0. The molecule has 0 aliphatic carbocycles. The van der Waals surface area contributed by atoms with E-state index in [9.17, 15) is 9.59 Å². The highest BCUT2D eigenvalue weighted by atomic mass is 16.6. The molecule has 0 aromatic heterocycles. The Kier molecular flexibility index (Phi) is 2.76. The predicted octanol–water partition coefficient (Wildman–Crippen LogP) is 2.66. The largest absolute Gasteiger partial charge is 0.431 e. The number of amides is 2. The van der Waals surface area contributed by atoms with E-state index in [-0.39, 0.29) is 0 Å². The van der Waals surface area contributed by atoms with Gasteiger partial charge in [-0.15, -0.1) is 0 Å². The molecule has 1 saturated heterocycles. The van der Waals surface area contributed by atoms with E-state index in [1.807, 2.05) is 48.5 Å². The maximum absolute atomic E-state index is 11.7. The van der Waals surface area contributed by atoms with E-state index in [0.29, 0.717) is 5.56 Å². The Morgan fingerprint density at radius 3 is 2.26 bits per heavy atom. The van der Waals surface area contributed by atoms with Crippen molar-refractivity contribution < 1.29 is 14.3 Å². The molecular formula is C15H11NO3. The van der Waals surface area contributed by atoms with Gasteiger partial charge in [0.25, 0.3) is 5.91 Å². The first-order valence-electron chi connectivity index (χ1n) is 5.91. The summed E-state index contributed by atoms with van der Waals surface area (Å²) >= 11 is 0. The molecule has 1 heterocycles. The molecule has 0 bridgehead atoms. The molecule has 4 nitrogen and oxygen atoms in total. The predicted molar refractivity (Wildman–Crippen MR) is 69.2 cm³/mol. The zero-order chi connectivity index (χ0) is 13.2. The van der Waals surface area contributed by atoms with Crippen molar-refractivity contribution in [2.45, 2.75) is 6.10 Å². The van der Waals surface area contributed by atoms with Crippen molar-refractivity contribution in [2.75, 3.05) is 0 Å². The summed E-state index contributed by atoms with van der Waals surface area (Å²) < 4.78 is 5.02. The average Bonchev–Trinajstić information content (AvgIpc) is 2.79. The average molecular weight is 253 g/mol. The summed E-state index contributed by atoms with van der Waals surface area (Å²) in [6, 6.07) is 17.1. The van der Waals surface area contributed by atoms with Gasteiger partial charge in [0.1, 0.15) is 0 Å². The van der Waals surface area contributed by atoms with Gasteiger partial charge in [-0.1, -0.05) is 54.6 Å². The minimum atomic E-state index is -0.871. The first-order chi connectivity index (χ1) is 9.25. The highest BCUT2D eigenvalue weighted by molar-refractivity contribution is 6.01. The number of hydrogen-bond acceptors (Lipinski definition) is 3. The third-order valence-corrected chi connectivity index (χ3v) is 3.02. The first kappa shape index (κ1) is 11.5. The monoisotopic (exact) mass is 253 g/mol. The molecule has 0 spiro atoms. The van der Waals surface area contributed by atoms with E-state index in [0.717, 1.165) is 11.1 Å². The summed E-state index contributed by atoms with van der Waals surface area (Å²) in [5.41, 5.74) is 2.56. The Hall–Kier alpha value is -2.62. The minimum Gasteiger partial charge on any atom is -0.431 e. The third kappa shape index (κ3) is 2.08. The zero-order valence-corrected chi connectivity index (χ0v) is 10.00. The van der Waals surface area contributed by atoms with Gasteiger partial charge in [-0.3, -0.25) is 10.1 Å². The van der Waals surface area contributed by atoms with Crippen LogP contribution < -0.4 is 5.32 Å². The second-order valence-electron chi connectivity index (χ2n) is 4.23. The van der Waals surface area contributed by atoms with Crippen molar-refractivity contribution in [2.24, 2.45) is 0 Å². The second kappa shape index (κ2) is 4.57. The van der Waals surface area contributed by atoms with Crippen LogP contribution in [-0.2, 0) is 9.53 Å². The van der Waals surface area contributed by atoms with Gasteiger partial charge in [0, 0.05) is 5.56 Å². The van der Waals surface area contributed by atoms with Gasteiger partial charge in [-0.25, -0.2) is 4.79 Å². The lowest BCUT2D eigenvalue weighted by Gasteiger charge is -2.12. The van der Waals surface area contributed by atoms with Crippen LogP contribution in [0.25, 0.3) is 11.1 Å². The maximum Gasteiger partial charge on any atom is 0.415 e. The number of benzene rings is 2. The summed E-state index contributed by atoms with van der Waals surface area (Å²) in [5.74, 6) is -0.423. The Morgan fingerprint density at radius 2 is 1.58 bits per heavy atom. The van der Waals surface area contributed by atoms with E-state index in [1.54, 1.807) is 6.07 Å². The van der Waals surface area contributed by atoms with Gasteiger partial charge in [0.15, 0.2) is 0 Å². The fourth-order valence-electron chi connectivity index (χ4n) is 2.17. The van der Waals surface area contributed by atoms with Crippen LogP contribution in [0, 0.1) is 0 Å². The summed E-state index contributed by atoms with van der Waals surface area (Å²) in [5, 5.41) is 2.14. The first-order valence-corrected chi connectivity index (χ1v) is 5.91. The smallest absolute Gasteiger partial charge is 0.415 e. The number of carbonyl (C=O) groups is 2. The Morgan fingerprint density at radius 1 is 0.895 bits per heavy atom. The molecule has 0 saturated carbocycles. The lowest BCUT2D eigenvalue weighted by Crippen LogP contribution is -2.20. The topological polar surface area (TPSA) is 55.4 Å². The molecule has 2 aromatic rings. The molecule has 0 radical (unpaired) electrons. The Bertz CT molecular complexity index is 637. The van der Waals surface area contributed by atoms with E-state index >= 15 is 0 Å². The van der Waals surface area contributed by atoms with Gasteiger partial charge in [-0.05, 0) is 11.1 Å². The summed E-state index contributed by atoms with van der Waals surface area (Å²) in [4.78, 5) is 22.8. The van der Waals surface area contributed by atoms with Gasteiger partial charge in [0.05, 0.1) is 0 Å². The number of hydrogen-bond donors (Lipinski definition) is 1. The molecule has 3 rings (SSSR count). The molecule has 1 atom stereocenters. The zero-order valence-electron chi connectivity index (χ0n) is 10.00. The number of cyclic esters (lactones) is 1. The number of carbonyl (C=O) groups excluding carboxylic acids is 2. The molecule has 19 heavy (non-hydrogen) atoms. The van der Waals surface area contributed by atoms with Gasteiger partial charge in [0.2, 0.25) is 6.10 Å². The van der Waals surface area contributed by atoms with Crippen LogP contribution in [-0.4, -0.2) is 12.0 Å². The van der Waals surface area contributed by atoms with E-state index in [2.05, 4.69) is 5.32 Å². The SMILES string of the molecule is O=C1NC(=O)C(c2ccccc2-c2ccccc2)O1. The van der Waals surface area contributed by atoms with Crippen LogP contribution in [0.3, 0.4) is 0 Å². The highest BCUT2D eigenvalue weighted by Crippen LogP contribution is 2.31. The Balaban J connectivity index is 2.08. The summed E-state index contributed by atoms with van der Waals surface area (Å²) in [7, 11) is 0. The summed E-state index contributed by atoms with van der Waals surface area (Å²) in [6.07, 6.45) is -1.57. The van der Waals surface area contributed by atoms with Crippen LogP contribution in [0.2, 0.25) is 0 Å². The fraction of sp³-hybridized carbons (Fsp3) is 0.0667. The van der Waals surface area contributed by atoms with E-state index in [1.165, 1.54) is 0 Å². The molecule has 94 valence electrons. The number of rotatable bonds is 2. The number of nitrogens with one attached hydrogen (secondary N) is 1.